The van der Waals surface area contributed by atoms with Gasteiger partial charge in [-0.1, -0.05) is 0 Å². The van der Waals surface area contributed by atoms with E-state index in [1.807, 2.05) is 24.6 Å². The number of aromatic nitrogens is 2. The molecule has 1 aromatic rings. The first kappa shape index (κ1) is 14.6. The van der Waals surface area contributed by atoms with Gasteiger partial charge in [0, 0.05) is 24.5 Å². The molecule has 1 N–H and O–H groups in total. The Bertz CT molecular complexity index is 500. The van der Waals surface area contributed by atoms with E-state index in [2.05, 4.69) is 15.2 Å². The zero-order chi connectivity index (χ0) is 14.9. The minimum absolute atomic E-state index is 0.0926. The maximum absolute atomic E-state index is 12.3. The van der Waals surface area contributed by atoms with Crippen LogP contribution in [0, 0.1) is 6.92 Å². The first-order valence-corrected chi connectivity index (χ1v) is 8.15. The van der Waals surface area contributed by atoms with Crippen molar-refractivity contribution in [3.63, 3.8) is 0 Å². The summed E-state index contributed by atoms with van der Waals surface area (Å²) in [5, 5.41) is 3.12. The Labute approximate surface area is 126 Å². The van der Waals surface area contributed by atoms with E-state index in [1.165, 1.54) is 38.8 Å². The predicted octanol–water partition coefficient (Wildman–Crippen LogP) is 1.89. The molecule has 116 valence electrons. The second kappa shape index (κ2) is 5.79. The Balaban J connectivity index is 1.51. The van der Waals surface area contributed by atoms with Crippen molar-refractivity contribution in [3.8, 4) is 0 Å². The van der Waals surface area contributed by atoms with E-state index >= 15 is 0 Å². The van der Waals surface area contributed by atoms with E-state index < -0.39 is 0 Å². The second-order valence-electron chi connectivity index (χ2n) is 6.52. The summed E-state index contributed by atoms with van der Waals surface area (Å²) in [5.74, 6) is 0.976. The van der Waals surface area contributed by atoms with Gasteiger partial charge in [0.1, 0.15) is 11.9 Å². The van der Waals surface area contributed by atoms with Gasteiger partial charge >= 0.3 is 0 Å². The zero-order valence-electron chi connectivity index (χ0n) is 13.1. The molecular formula is C16H26N4O. The van der Waals surface area contributed by atoms with E-state index in [-0.39, 0.29) is 11.9 Å². The van der Waals surface area contributed by atoms with Crippen LogP contribution in [0.3, 0.4) is 0 Å². The molecule has 0 saturated carbocycles. The molecule has 2 saturated heterocycles. The van der Waals surface area contributed by atoms with Crippen LogP contribution in [-0.4, -0.2) is 45.5 Å². The Morgan fingerprint density at radius 1 is 1.43 bits per heavy atom. The summed E-state index contributed by atoms with van der Waals surface area (Å²) in [5.41, 5.74) is 0.390. The number of hydrogen-bond acceptors (Lipinski definition) is 3. The zero-order valence-corrected chi connectivity index (χ0v) is 13.1. The molecule has 5 heteroatoms. The van der Waals surface area contributed by atoms with Crippen molar-refractivity contribution >= 4 is 5.91 Å². The molecule has 3 heterocycles. The Morgan fingerprint density at radius 3 is 2.76 bits per heavy atom. The standard InChI is InChI=1S/C16H26N4O/c1-13(20-12-9-17-14(20)2)15(21)18-8-7-16-5-3-10-19(16)11-4-6-16/h9,12-13H,3-8,10-11H2,1-2H3,(H,18,21). The lowest BCUT2D eigenvalue weighted by Gasteiger charge is -2.32. The molecule has 3 rings (SSSR count). The molecule has 1 atom stereocenters. The molecule has 0 bridgehead atoms. The molecule has 2 fully saturated rings. The highest BCUT2D eigenvalue weighted by Gasteiger charge is 2.43. The summed E-state index contributed by atoms with van der Waals surface area (Å²) in [6.07, 6.45) is 9.95. The van der Waals surface area contributed by atoms with E-state index in [4.69, 9.17) is 0 Å². The first-order valence-electron chi connectivity index (χ1n) is 8.15. The Morgan fingerprint density at radius 2 is 2.14 bits per heavy atom. The van der Waals surface area contributed by atoms with Crippen LogP contribution < -0.4 is 5.32 Å². The van der Waals surface area contributed by atoms with Crippen molar-refractivity contribution in [1.29, 1.82) is 0 Å². The lowest BCUT2D eigenvalue weighted by Crippen LogP contribution is -2.42. The topological polar surface area (TPSA) is 50.2 Å². The number of amides is 1. The molecular weight excluding hydrogens is 264 g/mol. The van der Waals surface area contributed by atoms with Crippen LogP contribution in [0.2, 0.25) is 0 Å². The summed E-state index contributed by atoms with van der Waals surface area (Å²) in [4.78, 5) is 19.1. The number of nitrogens with zero attached hydrogens (tertiary/aromatic N) is 3. The van der Waals surface area contributed by atoms with Crippen molar-refractivity contribution in [2.45, 2.75) is 57.5 Å². The third kappa shape index (κ3) is 2.71. The van der Waals surface area contributed by atoms with Crippen molar-refractivity contribution in [1.82, 2.24) is 19.8 Å². The molecule has 1 amide bonds. The van der Waals surface area contributed by atoms with Gasteiger partial charge in [-0.3, -0.25) is 9.69 Å². The summed E-state index contributed by atoms with van der Waals surface area (Å²) >= 11 is 0. The van der Waals surface area contributed by atoms with Crippen molar-refractivity contribution in [2.75, 3.05) is 19.6 Å². The minimum atomic E-state index is -0.187. The number of carbonyl (C=O) groups excluding carboxylic acids is 1. The summed E-state index contributed by atoms with van der Waals surface area (Å²) in [7, 11) is 0. The quantitative estimate of drug-likeness (QED) is 0.901. The summed E-state index contributed by atoms with van der Waals surface area (Å²) < 4.78 is 1.92. The van der Waals surface area contributed by atoms with E-state index in [9.17, 15) is 4.79 Å². The molecule has 2 aliphatic heterocycles. The summed E-state index contributed by atoms with van der Waals surface area (Å²) in [6.45, 7) is 7.14. The number of carbonyl (C=O) groups is 1. The highest BCUT2D eigenvalue weighted by atomic mass is 16.2. The van der Waals surface area contributed by atoms with E-state index in [0.717, 1.165) is 18.8 Å². The van der Waals surface area contributed by atoms with Gasteiger partial charge in [0.15, 0.2) is 0 Å². The van der Waals surface area contributed by atoms with Crippen LogP contribution in [0.25, 0.3) is 0 Å². The second-order valence-corrected chi connectivity index (χ2v) is 6.52. The first-order chi connectivity index (χ1) is 10.1. The maximum Gasteiger partial charge on any atom is 0.242 e. The molecule has 0 aliphatic carbocycles. The van der Waals surface area contributed by atoms with Crippen LogP contribution in [0.5, 0.6) is 0 Å². The lowest BCUT2D eigenvalue weighted by atomic mass is 9.90. The fraction of sp³-hybridized carbons (Fsp3) is 0.750. The molecule has 1 unspecified atom stereocenters. The van der Waals surface area contributed by atoms with Gasteiger partial charge in [-0.15, -0.1) is 0 Å². The average Bonchev–Trinajstić information content (AvgIpc) is 3.12. The van der Waals surface area contributed by atoms with Gasteiger partial charge < -0.3 is 9.88 Å². The molecule has 0 aromatic carbocycles. The Hall–Kier alpha value is -1.36. The number of nitrogens with one attached hydrogen (secondary N) is 1. The third-order valence-corrected chi connectivity index (χ3v) is 5.36. The van der Waals surface area contributed by atoms with Crippen LogP contribution >= 0.6 is 0 Å². The smallest absolute Gasteiger partial charge is 0.242 e. The third-order valence-electron chi connectivity index (χ3n) is 5.36. The number of hydrogen-bond donors (Lipinski definition) is 1. The normalized spacial score (nSPS) is 22.2. The maximum atomic E-state index is 12.3. The highest BCUT2D eigenvalue weighted by Crippen LogP contribution is 2.40. The molecule has 0 radical (unpaired) electrons. The monoisotopic (exact) mass is 290 g/mol. The van der Waals surface area contributed by atoms with E-state index in [1.54, 1.807) is 6.20 Å². The van der Waals surface area contributed by atoms with Crippen molar-refractivity contribution < 1.29 is 4.79 Å². The lowest BCUT2D eigenvalue weighted by molar-refractivity contribution is -0.124. The van der Waals surface area contributed by atoms with Crippen molar-refractivity contribution in [2.24, 2.45) is 0 Å². The highest BCUT2D eigenvalue weighted by molar-refractivity contribution is 5.79. The molecule has 1 aromatic heterocycles. The average molecular weight is 290 g/mol. The number of fused-ring (bicyclic) bond motifs is 1. The van der Waals surface area contributed by atoms with Gasteiger partial charge in [0.25, 0.3) is 0 Å². The van der Waals surface area contributed by atoms with Crippen LogP contribution in [-0.2, 0) is 4.79 Å². The van der Waals surface area contributed by atoms with Gasteiger partial charge in [0.05, 0.1) is 0 Å². The SMILES string of the molecule is Cc1nccn1C(C)C(=O)NCCC12CCCN1CCC2. The largest absolute Gasteiger partial charge is 0.354 e. The molecule has 5 nitrogen and oxygen atoms in total. The van der Waals surface area contributed by atoms with Crippen LogP contribution in [0.15, 0.2) is 12.4 Å². The van der Waals surface area contributed by atoms with Gasteiger partial charge in [-0.05, 0) is 59.0 Å². The fourth-order valence-electron chi connectivity index (χ4n) is 4.12. The van der Waals surface area contributed by atoms with Gasteiger partial charge in [-0.2, -0.15) is 0 Å². The molecule has 2 aliphatic rings. The number of aryl methyl sites for hydroxylation is 1. The van der Waals surface area contributed by atoms with Gasteiger partial charge in [-0.25, -0.2) is 4.98 Å². The predicted molar refractivity (Wildman–Crippen MR) is 82.1 cm³/mol. The summed E-state index contributed by atoms with van der Waals surface area (Å²) in [6, 6.07) is -0.187. The number of imidazole rings is 1. The van der Waals surface area contributed by atoms with Gasteiger partial charge in [0.2, 0.25) is 5.91 Å². The van der Waals surface area contributed by atoms with Crippen molar-refractivity contribution in [3.05, 3.63) is 18.2 Å². The number of rotatable bonds is 5. The fourth-order valence-corrected chi connectivity index (χ4v) is 4.12. The Kier molecular flexibility index (Phi) is 4.02. The van der Waals surface area contributed by atoms with E-state index in [0.29, 0.717) is 5.54 Å². The van der Waals surface area contributed by atoms with Crippen LogP contribution in [0.1, 0.15) is 50.9 Å². The minimum Gasteiger partial charge on any atom is -0.354 e. The molecule has 0 spiro atoms. The molecule has 21 heavy (non-hydrogen) atoms. The van der Waals surface area contributed by atoms with Crippen LogP contribution in [0.4, 0.5) is 0 Å².